The number of amides is 1. The zero-order valence-corrected chi connectivity index (χ0v) is 16.5. The van der Waals surface area contributed by atoms with Crippen molar-refractivity contribution in [2.75, 3.05) is 11.1 Å². The Labute approximate surface area is 167 Å². The average Bonchev–Trinajstić information content (AvgIpc) is 3.09. The highest BCUT2D eigenvalue weighted by atomic mass is 35.5. The molecule has 0 aliphatic heterocycles. The van der Waals surface area contributed by atoms with Gasteiger partial charge in [0.2, 0.25) is 5.91 Å². The second kappa shape index (κ2) is 9.36. The smallest absolute Gasteiger partial charge is 0.234 e. The quantitative estimate of drug-likeness (QED) is 0.517. The number of rotatable bonds is 7. The molecule has 0 radical (unpaired) electrons. The number of nitrogens with one attached hydrogen (secondary N) is 1. The zero-order valence-electron chi connectivity index (χ0n) is 13.3. The second-order valence-corrected chi connectivity index (χ2v) is 8.92. The van der Waals surface area contributed by atoms with E-state index in [1.54, 1.807) is 23.9 Å². The Morgan fingerprint density at radius 2 is 1.77 bits per heavy atom. The molecule has 0 saturated carbocycles. The average molecular weight is 426 g/mol. The highest BCUT2D eigenvalue weighted by Crippen LogP contribution is 2.31. The molecule has 0 saturated heterocycles. The summed E-state index contributed by atoms with van der Waals surface area (Å²) in [7, 11) is 0. The lowest BCUT2D eigenvalue weighted by molar-refractivity contribution is -0.113. The standard InChI is InChI=1S/C17H13ClFN3OS3/c18-12-7-5-11(6-8-12)9-24-16-21-22-17(26-16)25-10-15(23)20-14-4-2-1-3-13(14)19/h1-8H,9-10H2,(H,20,23). The molecule has 3 rings (SSSR count). The fraction of sp³-hybridized carbons (Fsp3) is 0.118. The third kappa shape index (κ3) is 5.70. The topological polar surface area (TPSA) is 54.9 Å². The van der Waals surface area contributed by atoms with Gasteiger partial charge in [-0.15, -0.1) is 10.2 Å². The van der Waals surface area contributed by atoms with Crippen molar-refractivity contribution in [3.8, 4) is 0 Å². The highest BCUT2D eigenvalue weighted by Gasteiger charge is 2.10. The number of halogens is 2. The van der Waals surface area contributed by atoms with Crippen molar-refractivity contribution >= 4 is 58.1 Å². The molecule has 0 bridgehead atoms. The van der Waals surface area contributed by atoms with Crippen LogP contribution in [0.3, 0.4) is 0 Å². The van der Waals surface area contributed by atoms with Gasteiger partial charge in [-0.3, -0.25) is 4.79 Å². The van der Waals surface area contributed by atoms with Gasteiger partial charge in [0.1, 0.15) is 5.82 Å². The molecule has 0 spiro atoms. The molecule has 4 nitrogen and oxygen atoms in total. The van der Waals surface area contributed by atoms with E-state index in [2.05, 4.69) is 15.5 Å². The number of nitrogens with zero attached hydrogens (tertiary/aromatic N) is 2. The molecule has 1 heterocycles. The van der Waals surface area contributed by atoms with Crippen LogP contribution in [0.15, 0.2) is 57.2 Å². The van der Waals surface area contributed by atoms with Crippen molar-refractivity contribution in [1.29, 1.82) is 0 Å². The van der Waals surface area contributed by atoms with Gasteiger partial charge in [-0.2, -0.15) is 0 Å². The number of hydrogen-bond donors (Lipinski definition) is 1. The Morgan fingerprint density at radius 3 is 2.50 bits per heavy atom. The Kier molecular flexibility index (Phi) is 6.90. The van der Waals surface area contributed by atoms with Crippen LogP contribution in [0.4, 0.5) is 10.1 Å². The maximum atomic E-state index is 13.5. The summed E-state index contributed by atoms with van der Waals surface area (Å²) < 4.78 is 15.0. The van der Waals surface area contributed by atoms with Crippen molar-refractivity contribution in [2.24, 2.45) is 0 Å². The first-order valence-corrected chi connectivity index (χ1v) is 10.6. The fourth-order valence-electron chi connectivity index (χ4n) is 1.92. The molecule has 1 aromatic heterocycles. The summed E-state index contributed by atoms with van der Waals surface area (Å²) in [5.41, 5.74) is 1.32. The largest absolute Gasteiger partial charge is 0.323 e. The third-order valence-corrected chi connectivity index (χ3v) is 6.65. The Morgan fingerprint density at radius 1 is 1.08 bits per heavy atom. The van der Waals surface area contributed by atoms with E-state index in [-0.39, 0.29) is 17.3 Å². The minimum atomic E-state index is -0.456. The van der Waals surface area contributed by atoms with Gasteiger partial charge in [0.05, 0.1) is 11.4 Å². The first kappa shape index (κ1) is 19.2. The minimum absolute atomic E-state index is 0.144. The number of benzene rings is 2. The number of para-hydroxylation sites is 1. The van der Waals surface area contributed by atoms with Crippen LogP contribution < -0.4 is 5.32 Å². The normalized spacial score (nSPS) is 10.7. The van der Waals surface area contributed by atoms with Gasteiger partial charge in [-0.1, -0.05) is 70.7 Å². The lowest BCUT2D eigenvalue weighted by Gasteiger charge is -2.04. The lowest BCUT2D eigenvalue weighted by Crippen LogP contribution is -2.14. The number of aromatic nitrogens is 2. The van der Waals surface area contributed by atoms with Crippen LogP contribution in [0.25, 0.3) is 0 Å². The molecule has 1 amide bonds. The van der Waals surface area contributed by atoms with Crippen LogP contribution in [0.1, 0.15) is 5.56 Å². The molecule has 0 fully saturated rings. The zero-order chi connectivity index (χ0) is 18.4. The van der Waals surface area contributed by atoms with Crippen molar-refractivity contribution in [1.82, 2.24) is 10.2 Å². The van der Waals surface area contributed by atoms with E-state index < -0.39 is 5.82 Å². The van der Waals surface area contributed by atoms with Crippen molar-refractivity contribution in [3.63, 3.8) is 0 Å². The minimum Gasteiger partial charge on any atom is -0.323 e. The van der Waals surface area contributed by atoms with Crippen molar-refractivity contribution in [2.45, 2.75) is 14.4 Å². The summed E-state index contributed by atoms with van der Waals surface area (Å²) >= 11 is 10.2. The van der Waals surface area contributed by atoms with Gasteiger partial charge in [0.15, 0.2) is 8.68 Å². The first-order chi connectivity index (χ1) is 12.6. The summed E-state index contributed by atoms with van der Waals surface area (Å²) in [6.45, 7) is 0. The van der Waals surface area contributed by atoms with Gasteiger partial charge in [0.25, 0.3) is 0 Å². The molecule has 0 unspecified atom stereocenters. The van der Waals surface area contributed by atoms with Crippen LogP contribution in [0.5, 0.6) is 0 Å². The summed E-state index contributed by atoms with van der Waals surface area (Å²) in [5.74, 6) is 0.169. The van der Waals surface area contributed by atoms with Crippen LogP contribution in [0, 0.1) is 5.82 Å². The van der Waals surface area contributed by atoms with Crippen LogP contribution in [-0.4, -0.2) is 21.9 Å². The lowest BCUT2D eigenvalue weighted by atomic mass is 10.2. The number of carbonyl (C=O) groups is 1. The summed E-state index contributed by atoms with van der Waals surface area (Å²) in [5, 5.41) is 11.4. The van der Waals surface area contributed by atoms with E-state index in [1.165, 1.54) is 35.2 Å². The van der Waals surface area contributed by atoms with Gasteiger partial charge in [-0.05, 0) is 29.8 Å². The monoisotopic (exact) mass is 425 g/mol. The van der Waals surface area contributed by atoms with Crippen LogP contribution in [0.2, 0.25) is 5.02 Å². The Balaban J connectivity index is 1.46. The number of carbonyl (C=O) groups excluding carboxylic acids is 1. The van der Waals surface area contributed by atoms with E-state index in [9.17, 15) is 9.18 Å². The molecule has 0 aliphatic rings. The van der Waals surface area contributed by atoms with E-state index >= 15 is 0 Å². The Hall–Kier alpha value is -1.61. The maximum absolute atomic E-state index is 13.5. The van der Waals surface area contributed by atoms with Gasteiger partial charge < -0.3 is 5.32 Å². The van der Waals surface area contributed by atoms with E-state index in [1.807, 2.05) is 24.3 Å². The third-order valence-electron chi connectivity index (χ3n) is 3.14. The highest BCUT2D eigenvalue weighted by molar-refractivity contribution is 8.03. The second-order valence-electron chi connectivity index (χ2n) is 5.07. The molecule has 1 N–H and O–H groups in total. The maximum Gasteiger partial charge on any atom is 0.234 e. The van der Waals surface area contributed by atoms with Gasteiger partial charge >= 0.3 is 0 Å². The molecular weight excluding hydrogens is 413 g/mol. The van der Waals surface area contributed by atoms with Crippen LogP contribution in [-0.2, 0) is 10.5 Å². The van der Waals surface area contributed by atoms with E-state index in [0.29, 0.717) is 9.36 Å². The molecule has 0 aliphatic carbocycles. The first-order valence-electron chi connectivity index (χ1n) is 7.48. The predicted octanol–water partition coefficient (Wildman–Crippen LogP) is 5.35. The summed E-state index contributed by atoms with van der Waals surface area (Å²) in [4.78, 5) is 11.9. The van der Waals surface area contributed by atoms with Crippen molar-refractivity contribution < 1.29 is 9.18 Å². The number of hydrogen-bond acceptors (Lipinski definition) is 6. The SMILES string of the molecule is O=C(CSc1nnc(SCc2ccc(Cl)cc2)s1)Nc1ccccc1F. The molecular formula is C17H13ClFN3OS3. The van der Waals surface area contributed by atoms with Crippen molar-refractivity contribution in [3.05, 3.63) is 64.9 Å². The van der Waals surface area contributed by atoms with E-state index in [4.69, 9.17) is 11.6 Å². The molecule has 2 aromatic carbocycles. The predicted molar refractivity (Wildman–Crippen MR) is 107 cm³/mol. The van der Waals surface area contributed by atoms with E-state index in [0.717, 1.165) is 15.7 Å². The number of anilines is 1. The molecule has 3 aromatic rings. The Bertz CT molecular complexity index is 889. The summed E-state index contributed by atoms with van der Waals surface area (Å²) in [6.07, 6.45) is 0. The summed E-state index contributed by atoms with van der Waals surface area (Å²) in [6, 6.07) is 13.7. The number of thioether (sulfide) groups is 2. The molecule has 9 heteroatoms. The molecule has 134 valence electrons. The van der Waals surface area contributed by atoms with Crippen LogP contribution >= 0.6 is 46.5 Å². The van der Waals surface area contributed by atoms with Gasteiger partial charge in [-0.25, -0.2) is 4.39 Å². The molecule has 26 heavy (non-hydrogen) atoms. The fourth-order valence-corrected chi connectivity index (χ4v) is 4.82. The molecule has 0 atom stereocenters. The van der Waals surface area contributed by atoms with Gasteiger partial charge in [0, 0.05) is 10.8 Å².